The van der Waals surface area contributed by atoms with E-state index in [0.717, 1.165) is 28.9 Å². The van der Waals surface area contributed by atoms with Crippen molar-refractivity contribution < 1.29 is 0 Å². The first-order chi connectivity index (χ1) is 10.2. The topological polar surface area (TPSA) is 25.8 Å². The molecule has 0 radical (unpaired) electrons. The van der Waals surface area contributed by atoms with Crippen LogP contribution in [0, 0.1) is 0 Å². The van der Waals surface area contributed by atoms with Crippen molar-refractivity contribution in [2.24, 2.45) is 0 Å². The fourth-order valence-electron chi connectivity index (χ4n) is 1.97. The second kappa shape index (κ2) is 7.55. The largest absolute Gasteiger partial charge is 0.223 e. The minimum Gasteiger partial charge on any atom is -0.218 e. The zero-order valence-electron chi connectivity index (χ0n) is 12.0. The van der Waals surface area contributed by atoms with E-state index in [1.54, 1.807) is 6.08 Å². The predicted octanol–water partition coefficient (Wildman–Crippen LogP) is 5.33. The van der Waals surface area contributed by atoms with Gasteiger partial charge in [0.2, 0.25) is 5.28 Å². The lowest BCUT2D eigenvalue weighted by atomic mass is 10.1. The number of hydrogen-bond donors (Lipinski definition) is 0. The number of benzene rings is 1. The summed E-state index contributed by atoms with van der Waals surface area (Å²) in [6.45, 7) is 5.78. The first kappa shape index (κ1) is 15.2. The monoisotopic (exact) mass is 296 g/mol. The molecule has 2 aromatic rings. The Morgan fingerprint density at radius 3 is 2.67 bits per heavy atom. The van der Waals surface area contributed by atoms with Crippen molar-refractivity contribution in [3.63, 3.8) is 0 Å². The fraction of sp³-hybridized carbons (Fsp3) is 0.111. The van der Waals surface area contributed by atoms with Crippen molar-refractivity contribution >= 4 is 17.2 Å². The van der Waals surface area contributed by atoms with Crippen LogP contribution in [0.2, 0.25) is 5.28 Å². The normalized spacial score (nSPS) is 11.8. The summed E-state index contributed by atoms with van der Waals surface area (Å²) in [6.07, 6.45) is 8.63. The highest BCUT2D eigenvalue weighted by Crippen LogP contribution is 2.23. The number of nitrogens with zero attached hydrogens (tertiary/aromatic N) is 2. The van der Waals surface area contributed by atoms with Gasteiger partial charge < -0.3 is 0 Å². The Labute approximate surface area is 130 Å². The molecule has 0 saturated carbocycles. The van der Waals surface area contributed by atoms with Gasteiger partial charge in [0.1, 0.15) is 0 Å². The molecule has 21 heavy (non-hydrogen) atoms. The first-order valence-electron chi connectivity index (χ1n) is 6.84. The number of allylic oxidation sites excluding steroid dienone is 5. The Kier molecular flexibility index (Phi) is 5.47. The second-order valence-electron chi connectivity index (χ2n) is 4.44. The molecule has 0 aliphatic rings. The van der Waals surface area contributed by atoms with E-state index < -0.39 is 0 Å². The predicted molar refractivity (Wildman–Crippen MR) is 90.1 cm³/mol. The molecular formula is C18H17ClN2. The van der Waals surface area contributed by atoms with Crippen LogP contribution in [0.15, 0.2) is 67.3 Å². The van der Waals surface area contributed by atoms with E-state index in [2.05, 4.69) is 29.5 Å². The Bertz CT molecular complexity index is 673. The molecule has 0 aliphatic carbocycles. The summed E-state index contributed by atoms with van der Waals surface area (Å²) in [5.74, 6) is 0. The summed E-state index contributed by atoms with van der Waals surface area (Å²) in [4.78, 5) is 8.64. The minimum absolute atomic E-state index is 0.250. The molecule has 0 saturated heterocycles. The van der Waals surface area contributed by atoms with Crippen LogP contribution in [-0.4, -0.2) is 9.97 Å². The molecule has 2 nitrogen and oxygen atoms in total. The molecule has 1 aromatic heterocycles. The van der Waals surface area contributed by atoms with Crippen LogP contribution in [0.3, 0.4) is 0 Å². The van der Waals surface area contributed by atoms with Gasteiger partial charge in [-0.2, -0.15) is 0 Å². The third-order valence-electron chi connectivity index (χ3n) is 2.90. The highest BCUT2D eigenvalue weighted by molar-refractivity contribution is 6.28. The van der Waals surface area contributed by atoms with Crippen LogP contribution in [0.5, 0.6) is 0 Å². The smallest absolute Gasteiger partial charge is 0.218 e. The lowest BCUT2D eigenvalue weighted by Crippen LogP contribution is -1.94. The molecule has 0 fully saturated rings. The Balaban J connectivity index is 2.50. The molecule has 1 heterocycles. The molecule has 3 heteroatoms. The van der Waals surface area contributed by atoms with E-state index in [-0.39, 0.29) is 5.28 Å². The van der Waals surface area contributed by atoms with Crippen LogP contribution < -0.4 is 0 Å². The summed E-state index contributed by atoms with van der Waals surface area (Å²) < 4.78 is 0. The minimum atomic E-state index is 0.250. The Morgan fingerprint density at radius 1 is 1.24 bits per heavy atom. The third-order valence-corrected chi connectivity index (χ3v) is 3.07. The molecule has 1 aromatic carbocycles. The van der Waals surface area contributed by atoms with Gasteiger partial charge in [-0.05, 0) is 29.7 Å². The average molecular weight is 297 g/mol. The summed E-state index contributed by atoms with van der Waals surface area (Å²) >= 11 is 6.08. The standard InChI is InChI=1S/C18H17ClN2/c1-3-5-10-14(9-4-2)16-13-17(21-18(19)20-16)15-11-7-6-8-12-15/h3,5-13H,1,4H2,2H3/b10-5-,14-9+. The van der Waals surface area contributed by atoms with Gasteiger partial charge in [-0.25, -0.2) is 9.97 Å². The van der Waals surface area contributed by atoms with Crippen molar-refractivity contribution in [1.29, 1.82) is 0 Å². The summed E-state index contributed by atoms with van der Waals surface area (Å²) in [7, 11) is 0. The van der Waals surface area contributed by atoms with Gasteiger partial charge in [0.25, 0.3) is 0 Å². The van der Waals surface area contributed by atoms with Crippen molar-refractivity contribution in [1.82, 2.24) is 9.97 Å². The van der Waals surface area contributed by atoms with Gasteiger partial charge in [-0.15, -0.1) is 0 Å². The number of aromatic nitrogens is 2. The van der Waals surface area contributed by atoms with Crippen molar-refractivity contribution in [2.75, 3.05) is 0 Å². The molecule has 0 bridgehead atoms. The van der Waals surface area contributed by atoms with Gasteiger partial charge >= 0.3 is 0 Å². The van der Waals surface area contributed by atoms with Gasteiger partial charge in [0, 0.05) is 5.56 Å². The van der Waals surface area contributed by atoms with E-state index in [4.69, 9.17) is 11.6 Å². The van der Waals surface area contributed by atoms with E-state index in [9.17, 15) is 0 Å². The summed E-state index contributed by atoms with van der Waals surface area (Å²) in [5, 5.41) is 0.250. The average Bonchev–Trinajstić information content (AvgIpc) is 2.51. The first-order valence-corrected chi connectivity index (χ1v) is 7.22. The van der Waals surface area contributed by atoms with Crippen molar-refractivity contribution in [3.8, 4) is 11.3 Å². The van der Waals surface area contributed by atoms with Gasteiger partial charge in [-0.3, -0.25) is 0 Å². The molecule has 106 valence electrons. The van der Waals surface area contributed by atoms with E-state index in [0.29, 0.717) is 0 Å². The Morgan fingerprint density at radius 2 is 2.00 bits per heavy atom. The molecular weight excluding hydrogens is 280 g/mol. The fourth-order valence-corrected chi connectivity index (χ4v) is 2.15. The van der Waals surface area contributed by atoms with Crippen LogP contribution in [0.1, 0.15) is 19.0 Å². The molecule has 0 amide bonds. The maximum absolute atomic E-state index is 6.08. The van der Waals surface area contributed by atoms with Crippen LogP contribution >= 0.6 is 11.6 Å². The quantitative estimate of drug-likeness (QED) is 0.550. The van der Waals surface area contributed by atoms with E-state index >= 15 is 0 Å². The number of halogens is 1. The van der Waals surface area contributed by atoms with Crippen LogP contribution in [0.25, 0.3) is 16.8 Å². The molecule has 0 aliphatic heterocycles. The van der Waals surface area contributed by atoms with Gasteiger partial charge in [0.05, 0.1) is 11.4 Å². The molecule has 2 rings (SSSR count). The van der Waals surface area contributed by atoms with Crippen LogP contribution in [0.4, 0.5) is 0 Å². The maximum Gasteiger partial charge on any atom is 0.223 e. The summed E-state index contributed by atoms with van der Waals surface area (Å²) in [6, 6.07) is 11.9. The second-order valence-corrected chi connectivity index (χ2v) is 4.77. The van der Waals surface area contributed by atoms with Gasteiger partial charge in [0.15, 0.2) is 0 Å². The van der Waals surface area contributed by atoms with Crippen molar-refractivity contribution in [2.45, 2.75) is 13.3 Å². The maximum atomic E-state index is 6.08. The number of hydrogen-bond acceptors (Lipinski definition) is 2. The molecule has 0 N–H and O–H groups in total. The van der Waals surface area contributed by atoms with E-state index in [1.807, 2.05) is 48.6 Å². The lowest BCUT2D eigenvalue weighted by molar-refractivity contribution is 1.14. The number of rotatable bonds is 5. The zero-order valence-corrected chi connectivity index (χ0v) is 12.7. The highest BCUT2D eigenvalue weighted by atomic mass is 35.5. The van der Waals surface area contributed by atoms with Crippen molar-refractivity contribution in [3.05, 3.63) is 78.3 Å². The third kappa shape index (κ3) is 4.14. The Hall–Kier alpha value is -2.19. The molecule has 0 unspecified atom stereocenters. The highest BCUT2D eigenvalue weighted by Gasteiger charge is 2.07. The molecule has 0 spiro atoms. The lowest BCUT2D eigenvalue weighted by Gasteiger charge is -2.06. The summed E-state index contributed by atoms with van der Waals surface area (Å²) in [5.41, 5.74) is 3.67. The van der Waals surface area contributed by atoms with E-state index in [1.165, 1.54) is 0 Å². The van der Waals surface area contributed by atoms with Crippen LogP contribution in [-0.2, 0) is 0 Å². The SMILES string of the molecule is C=C/C=C\C(=C/CC)c1cc(-c2ccccc2)nc(Cl)n1. The zero-order chi connectivity index (χ0) is 15.1. The van der Waals surface area contributed by atoms with Gasteiger partial charge in [-0.1, -0.05) is 68.1 Å². The molecule has 0 atom stereocenters.